The van der Waals surface area contributed by atoms with Gasteiger partial charge in [-0.05, 0) is 44.5 Å². The Morgan fingerprint density at radius 1 is 1.28 bits per heavy atom. The number of carbonyl (C=O) groups is 2. The van der Waals surface area contributed by atoms with Crippen molar-refractivity contribution in [3.05, 3.63) is 71.3 Å². The minimum atomic E-state index is -1.14. The van der Waals surface area contributed by atoms with Crippen LogP contribution in [0.25, 0.3) is 0 Å². The zero-order valence-corrected chi connectivity index (χ0v) is 20.8. The van der Waals surface area contributed by atoms with Gasteiger partial charge in [-0.25, -0.2) is 4.98 Å². The molecule has 2 aromatic carbocycles. The quantitative estimate of drug-likeness (QED) is 0.535. The molecule has 0 fully saturated rings. The van der Waals surface area contributed by atoms with E-state index >= 15 is 0 Å². The second kappa shape index (κ2) is 10.2. The van der Waals surface area contributed by atoms with E-state index in [4.69, 9.17) is 4.74 Å². The molecule has 0 spiro atoms. The summed E-state index contributed by atoms with van der Waals surface area (Å²) in [5, 5.41) is 16.8. The molecular weight excluding hydrogens is 458 g/mol. The van der Waals surface area contributed by atoms with Gasteiger partial charge in [0.25, 0.3) is 11.8 Å². The first-order valence-corrected chi connectivity index (χ1v) is 11.7. The minimum Gasteiger partial charge on any atom is -0.489 e. The topological polar surface area (TPSA) is 112 Å². The Balaban J connectivity index is 1.54. The number of hydrogen-bond acceptors (Lipinski definition) is 6. The second-order valence-corrected chi connectivity index (χ2v) is 9.07. The number of rotatable bonds is 5. The molecule has 0 saturated carbocycles. The number of aromatic amines is 1. The van der Waals surface area contributed by atoms with E-state index in [1.807, 2.05) is 30.3 Å². The number of carbonyl (C=O) groups excluding carboxylic acids is 2. The third-order valence-corrected chi connectivity index (χ3v) is 5.76. The summed E-state index contributed by atoms with van der Waals surface area (Å²) in [4.78, 5) is 34.0. The molecule has 9 nitrogen and oxygen atoms in total. The third-order valence-electron chi connectivity index (χ3n) is 5.76. The first-order valence-electron chi connectivity index (χ1n) is 11.7. The number of fused-ring (bicyclic) bond motifs is 1. The predicted molar refractivity (Wildman–Crippen MR) is 135 cm³/mol. The Morgan fingerprint density at radius 2 is 2.03 bits per heavy atom. The molecule has 1 atom stereocenters. The number of nitrogens with one attached hydrogen (secondary N) is 1. The first kappa shape index (κ1) is 24.9. The van der Waals surface area contributed by atoms with Crippen molar-refractivity contribution in [2.45, 2.75) is 38.8 Å². The van der Waals surface area contributed by atoms with Crippen LogP contribution < -0.4 is 9.64 Å². The normalized spacial score (nSPS) is 15.3. The van der Waals surface area contributed by atoms with Crippen molar-refractivity contribution < 1.29 is 19.4 Å². The summed E-state index contributed by atoms with van der Waals surface area (Å²) in [6.45, 7) is 5.26. The van der Waals surface area contributed by atoms with Gasteiger partial charge in [0.2, 0.25) is 5.82 Å². The highest BCUT2D eigenvalue weighted by Gasteiger charge is 2.37. The molecule has 186 valence electrons. The van der Waals surface area contributed by atoms with Crippen LogP contribution in [0, 0.1) is 11.8 Å². The summed E-state index contributed by atoms with van der Waals surface area (Å²) in [5.74, 6) is 6.01. The highest BCUT2D eigenvalue weighted by atomic mass is 16.5. The highest BCUT2D eigenvalue weighted by molar-refractivity contribution is 6.02. The van der Waals surface area contributed by atoms with E-state index < -0.39 is 17.6 Å². The number of anilines is 1. The number of H-pyrrole nitrogens is 1. The molecule has 0 saturated heterocycles. The van der Waals surface area contributed by atoms with E-state index in [1.54, 1.807) is 46.0 Å². The molecule has 3 aromatic rings. The van der Waals surface area contributed by atoms with Crippen molar-refractivity contribution in [1.29, 1.82) is 0 Å². The lowest BCUT2D eigenvalue weighted by atomic mass is 10.1. The molecule has 1 aliphatic rings. The Hall–Kier alpha value is -4.16. The summed E-state index contributed by atoms with van der Waals surface area (Å²) < 4.78 is 5.95. The number of nitrogens with zero attached hydrogens (tertiary/aromatic N) is 4. The lowest BCUT2D eigenvalue weighted by Gasteiger charge is -2.29. The SMILES string of the molecule is CCN(C(=O)c1n[nH]c(Cc2ccccc2)n1)[C@H]1COc2ccc(C#CC(C)(C)O)cc2N(C)C1=O. The monoisotopic (exact) mass is 487 g/mol. The smallest absolute Gasteiger partial charge is 0.294 e. The Kier molecular flexibility index (Phi) is 7.08. The molecule has 1 aliphatic heterocycles. The number of aromatic nitrogens is 3. The van der Waals surface area contributed by atoms with Crippen LogP contribution in [0.15, 0.2) is 48.5 Å². The average Bonchev–Trinajstić information content (AvgIpc) is 3.28. The summed E-state index contributed by atoms with van der Waals surface area (Å²) in [5.41, 5.74) is 1.07. The zero-order valence-electron chi connectivity index (χ0n) is 20.8. The molecule has 2 heterocycles. The van der Waals surface area contributed by atoms with E-state index in [-0.39, 0.29) is 24.9 Å². The Morgan fingerprint density at radius 3 is 2.72 bits per heavy atom. The fourth-order valence-corrected chi connectivity index (χ4v) is 3.90. The van der Waals surface area contributed by atoms with E-state index in [2.05, 4.69) is 27.0 Å². The van der Waals surface area contributed by atoms with Crippen molar-refractivity contribution in [3.63, 3.8) is 0 Å². The lowest BCUT2D eigenvalue weighted by Crippen LogP contribution is -2.52. The molecule has 0 radical (unpaired) electrons. The lowest BCUT2D eigenvalue weighted by molar-refractivity contribution is -0.123. The van der Waals surface area contributed by atoms with Gasteiger partial charge in [-0.1, -0.05) is 42.2 Å². The first-order chi connectivity index (χ1) is 17.2. The van der Waals surface area contributed by atoms with Crippen LogP contribution >= 0.6 is 0 Å². The van der Waals surface area contributed by atoms with Crippen LogP contribution in [0.4, 0.5) is 5.69 Å². The van der Waals surface area contributed by atoms with Crippen LogP contribution in [0.2, 0.25) is 0 Å². The molecule has 1 aromatic heterocycles. The average molecular weight is 488 g/mol. The van der Waals surface area contributed by atoms with Gasteiger partial charge in [0.1, 0.15) is 29.8 Å². The van der Waals surface area contributed by atoms with Gasteiger partial charge in [-0.3, -0.25) is 14.7 Å². The van der Waals surface area contributed by atoms with Gasteiger partial charge in [0, 0.05) is 25.6 Å². The van der Waals surface area contributed by atoms with Crippen molar-refractivity contribution >= 4 is 17.5 Å². The van der Waals surface area contributed by atoms with Gasteiger partial charge in [-0.15, -0.1) is 5.10 Å². The van der Waals surface area contributed by atoms with Crippen LogP contribution in [0.3, 0.4) is 0 Å². The predicted octanol–water partition coefficient (Wildman–Crippen LogP) is 2.40. The van der Waals surface area contributed by atoms with Crippen molar-refractivity contribution in [3.8, 4) is 17.6 Å². The van der Waals surface area contributed by atoms with E-state index in [1.165, 1.54) is 9.80 Å². The molecule has 2 amide bonds. The minimum absolute atomic E-state index is 0.00386. The summed E-state index contributed by atoms with van der Waals surface area (Å²) in [7, 11) is 1.64. The molecule has 9 heteroatoms. The van der Waals surface area contributed by atoms with E-state index in [0.717, 1.165) is 5.56 Å². The van der Waals surface area contributed by atoms with Crippen LogP contribution in [0.5, 0.6) is 5.75 Å². The van der Waals surface area contributed by atoms with Crippen molar-refractivity contribution in [2.24, 2.45) is 0 Å². The molecule has 0 bridgehead atoms. The zero-order chi connectivity index (χ0) is 25.9. The molecule has 36 heavy (non-hydrogen) atoms. The van der Waals surface area contributed by atoms with Crippen LogP contribution in [-0.4, -0.2) is 68.8 Å². The van der Waals surface area contributed by atoms with Gasteiger partial charge in [0.05, 0.1) is 5.69 Å². The summed E-state index contributed by atoms with van der Waals surface area (Å²) in [6.07, 6.45) is 0.509. The maximum absolute atomic E-state index is 13.4. The number of amides is 2. The summed E-state index contributed by atoms with van der Waals surface area (Å²) >= 11 is 0. The molecule has 0 unspecified atom stereocenters. The van der Waals surface area contributed by atoms with Crippen molar-refractivity contribution in [1.82, 2.24) is 20.1 Å². The fraction of sp³-hybridized carbons (Fsp3) is 0.333. The Bertz CT molecular complexity index is 1320. The highest BCUT2D eigenvalue weighted by Crippen LogP contribution is 2.32. The number of hydrogen-bond donors (Lipinski definition) is 2. The molecule has 0 aliphatic carbocycles. The maximum Gasteiger partial charge on any atom is 0.294 e. The van der Waals surface area contributed by atoms with Gasteiger partial charge in [-0.2, -0.15) is 0 Å². The van der Waals surface area contributed by atoms with Crippen LogP contribution in [0.1, 0.15) is 48.3 Å². The van der Waals surface area contributed by atoms with Gasteiger partial charge in [0.15, 0.2) is 0 Å². The molecule has 4 rings (SSSR count). The standard InChI is InChI=1S/C27H29N5O4/c1-5-32(26(34)24-28-23(29-30-24)16-18-9-7-6-8-10-18)21-17-36-22-12-11-19(13-14-27(2,3)35)15-20(22)31(4)25(21)33/h6-12,15,21,35H,5,16-17H2,1-4H3,(H,28,29,30)/t21-/m0/s1. The Labute approximate surface area is 210 Å². The van der Waals surface area contributed by atoms with E-state index in [0.29, 0.717) is 29.2 Å². The third kappa shape index (κ3) is 5.56. The van der Waals surface area contributed by atoms with Gasteiger partial charge < -0.3 is 19.6 Å². The van der Waals surface area contributed by atoms with E-state index in [9.17, 15) is 14.7 Å². The van der Waals surface area contributed by atoms with Crippen molar-refractivity contribution in [2.75, 3.05) is 25.1 Å². The number of likely N-dealkylation sites (N-methyl/N-ethyl adjacent to an activating group) is 2. The maximum atomic E-state index is 13.4. The molecular formula is C27H29N5O4. The number of ether oxygens (including phenoxy) is 1. The summed E-state index contributed by atoms with van der Waals surface area (Å²) in [6, 6.07) is 14.1. The number of aliphatic hydroxyl groups is 1. The van der Waals surface area contributed by atoms with Gasteiger partial charge >= 0.3 is 0 Å². The fourth-order valence-electron chi connectivity index (χ4n) is 3.90. The van der Waals surface area contributed by atoms with Crippen LogP contribution in [-0.2, 0) is 11.2 Å². The number of benzene rings is 2. The second-order valence-electron chi connectivity index (χ2n) is 9.07. The largest absolute Gasteiger partial charge is 0.489 e. The molecule has 2 N–H and O–H groups in total.